The Labute approximate surface area is 76.2 Å². The van der Waals surface area contributed by atoms with E-state index in [-0.39, 0.29) is 0 Å². The third kappa shape index (κ3) is 3.79. The van der Waals surface area contributed by atoms with Gasteiger partial charge in [-0.3, -0.25) is 0 Å². The van der Waals surface area contributed by atoms with Gasteiger partial charge in [-0.1, -0.05) is 6.07 Å². The second-order valence-electron chi connectivity index (χ2n) is 2.25. The van der Waals surface area contributed by atoms with Gasteiger partial charge in [0.25, 0.3) is 0 Å². The van der Waals surface area contributed by atoms with Crippen LogP contribution in [-0.2, 0) is 6.54 Å². The standard InChI is InChI=1S/C8H13NS2/c1-10-6-4-9-7-8-3-2-5-11-8/h2-3,5,9H,4,6-7H2,1H3. The van der Waals surface area contributed by atoms with E-state index in [1.165, 1.54) is 10.6 Å². The fraction of sp³-hybridized carbons (Fsp3) is 0.500. The van der Waals surface area contributed by atoms with Crippen LogP contribution in [0.5, 0.6) is 0 Å². The van der Waals surface area contributed by atoms with Gasteiger partial charge in [0, 0.05) is 23.7 Å². The van der Waals surface area contributed by atoms with Gasteiger partial charge < -0.3 is 5.32 Å². The number of rotatable bonds is 5. The van der Waals surface area contributed by atoms with E-state index < -0.39 is 0 Å². The third-order valence-corrected chi connectivity index (χ3v) is 2.85. The summed E-state index contributed by atoms with van der Waals surface area (Å²) in [6.07, 6.45) is 2.13. The van der Waals surface area contributed by atoms with Gasteiger partial charge in [-0.05, 0) is 17.7 Å². The van der Waals surface area contributed by atoms with Gasteiger partial charge in [-0.25, -0.2) is 0 Å². The highest BCUT2D eigenvalue weighted by atomic mass is 32.2. The molecule has 0 atom stereocenters. The van der Waals surface area contributed by atoms with Gasteiger partial charge in [-0.2, -0.15) is 11.8 Å². The molecule has 0 saturated carbocycles. The summed E-state index contributed by atoms with van der Waals surface area (Å²) in [5.74, 6) is 1.20. The Bertz CT molecular complexity index is 172. The Morgan fingerprint density at radius 3 is 3.18 bits per heavy atom. The minimum atomic E-state index is 1.03. The first kappa shape index (κ1) is 9.10. The highest BCUT2D eigenvalue weighted by Crippen LogP contribution is 2.06. The molecule has 1 nitrogen and oxygen atoms in total. The molecule has 1 N–H and O–H groups in total. The van der Waals surface area contributed by atoms with Crippen molar-refractivity contribution in [3.8, 4) is 0 Å². The number of hydrogen-bond acceptors (Lipinski definition) is 3. The Hall–Kier alpha value is 0.01000. The molecule has 0 aliphatic carbocycles. The van der Waals surface area contributed by atoms with Crippen molar-refractivity contribution in [1.82, 2.24) is 5.32 Å². The molecule has 0 bridgehead atoms. The molecule has 0 fully saturated rings. The number of thiophene rings is 1. The molecule has 3 heteroatoms. The summed E-state index contributed by atoms with van der Waals surface area (Å²) in [6.45, 7) is 2.14. The fourth-order valence-electron chi connectivity index (χ4n) is 0.799. The van der Waals surface area contributed by atoms with Gasteiger partial charge in [-0.15, -0.1) is 11.3 Å². The zero-order valence-corrected chi connectivity index (χ0v) is 8.30. The Balaban J connectivity index is 2.04. The largest absolute Gasteiger partial charge is 0.311 e. The fourth-order valence-corrected chi connectivity index (χ4v) is 1.82. The van der Waals surface area contributed by atoms with Crippen molar-refractivity contribution in [2.24, 2.45) is 0 Å². The molecule has 0 aromatic carbocycles. The Morgan fingerprint density at radius 2 is 2.55 bits per heavy atom. The van der Waals surface area contributed by atoms with Crippen LogP contribution < -0.4 is 5.32 Å². The lowest BCUT2D eigenvalue weighted by Crippen LogP contribution is -2.15. The van der Waals surface area contributed by atoms with E-state index in [0.29, 0.717) is 0 Å². The summed E-state index contributed by atoms with van der Waals surface area (Å²) in [4.78, 5) is 1.42. The lowest BCUT2D eigenvalue weighted by atomic mass is 10.4. The first-order valence-electron chi connectivity index (χ1n) is 3.65. The van der Waals surface area contributed by atoms with Crippen LogP contribution in [0.15, 0.2) is 17.5 Å². The smallest absolute Gasteiger partial charge is 0.0300 e. The molecule has 0 amide bonds. The molecule has 11 heavy (non-hydrogen) atoms. The summed E-state index contributed by atoms with van der Waals surface area (Å²) in [5, 5.41) is 5.49. The SMILES string of the molecule is CSCCNCc1cccs1. The summed E-state index contributed by atoms with van der Waals surface area (Å²) in [7, 11) is 0. The van der Waals surface area contributed by atoms with E-state index in [0.717, 1.165) is 13.1 Å². The maximum Gasteiger partial charge on any atom is 0.0300 e. The van der Waals surface area contributed by atoms with Crippen molar-refractivity contribution in [1.29, 1.82) is 0 Å². The predicted octanol–water partition coefficient (Wildman–Crippen LogP) is 2.20. The predicted molar refractivity (Wildman–Crippen MR) is 54.4 cm³/mol. The van der Waals surface area contributed by atoms with E-state index in [1.54, 1.807) is 0 Å². The van der Waals surface area contributed by atoms with Crippen molar-refractivity contribution in [2.75, 3.05) is 18.6 Å². The van der Waals surface area contributed by atoms with Gasteiger partial charge in [0.2, 0.25) is 0 Å². The first-order valence-corrected chi connectivity index (χ1v) is 5.93. The molecule has 1 heterocycles. The highest BCUT2D eigenvalue weighted by molar-refractivity contribution is 7.98. The molecule has 1 aromatic rings. The minimum absolute atomic E-state index is 1.03. The zero-order valence-electron chi connectivity index (χ0n) is 6.67. The molecule has 1 rings (SSSR count). The molecule has 0 unspecified atom stereocenters. The molecular formula is C8H13NS2. The molecular weight excluding hydrogens is 174 g/mol. The van der Waals surface area contributed by atoms with Gasteiger partial charge in [0.05, 0.1) is 0 Å². The van der Waals surface area contributed by atoms with Crippen molar-refractivity contribution >= 4 is 23.1 Å². The summed E-state index contributed by atoms with van der Waals surface area (Å²) >= 11 is 3.69. The van der Waals surface area contributed by atoms with Crippen molar-refractivity contribution in [3.63, 3.8) is 0 Å². The first-order chi connectivity index (χ1) is 5.43. The molecule has 0 radical (unpaired) electrons. The lowest BCUT2D eigenvalue weighted by Gasteiger charge is -1.99. The van der Waals surface area contributed by atoms with Crippen LogP contribution in [0.25, 0.3) is 0 Å². The second-order valence-corrected chi connectivity index (χ2v) is 4.27. The van der Waals surface area contributed by atoms with E-state index in [2.05, 4.69) is 29.1 Å². The molecule has 0 spiro atoms. The monoisotopic (exact) mass is 187 g/mol. The van der Waals surface area contributed by atoms with Gasteiger partial charge in [0.15, 0.2) is 0 Å². The van der Waals surface area contributed by atoms with E-state index in [4.69, 9.17) is 0 Å². The topological polar surface area (TPSA) is 12.0 Å². The number of thioether (sulfide) groups is 1. The summed E-state index contributed by atoms with van der Waals surface area (Å²) in [6, 6.07) is 4.26. The molecule has 62 valence electrons. The normalized spacial score (nSPS) is 10.3. The van der Waals surface area contributed by atoms with Crippen LogP contribution in [0.3, 0.4) is 0 Å². The number of nitrogens with one attached hydrogen (secondary N) is 1. The Kier molecular flexibility index (Phi) is 4.66. The van der Waals surface area contributed by atoms with Crippen LogP contribution in [0.1, 0.15) is 4.88 Å². The summed E-state index contributed by atoms with van der Waals surface area (Å²) < 4.78 is 0. The zero-order chi connectivity index (χ0) is 7.94. The summed E-state index contributed by atoms with van der Waals surface area (Å²) in [5.41, 5.74) is 0. The molecule has 0 aliphatic rings. The average Bonchev–Trinajstić information content (AvgIpc) is 2.50. The minimum Gasteiger partial charge on any atom is -0.311 e. The van der Waals surface area contributed by atoms with Crippen molar-refractivity contribution in [2.45, 2.75) is 6.54 Å². The van der Waals surface area contributed by atoms with E-state index in [1.807, 2.05) is 23.1 Å². The van der Waals surface area contributed by atoms with Crippen LogP contribution in [-0.4, -0.2) is 18.6 Å². The maximum absolute atomic E-state index is 3.38. The molecule has 1 aromatic heterocycles. The van der Waals surface area contributed by atoms with Gasteiger partial charge >= 0.3 is 0 Å². The molecule has 0 aliphatic heterocycles. The van der Waals surface area contributed by atoms with Crippen LogP contribution in [0, 0.1) is 0 Å². The highest BCUT2D eigenvalue weighted by Gasteiger charge is 1.90. The second kappa shape index (κ2) is 5.63. The van der Waals surface area contributed by atoms with Crippen molar-refractivity contribution < 1.29 is 0 Å². The maximum atomic E-state index is 3.38. The van der Waals surface area contributed by atoms with Crippen molar-refractivity contribution in [3.05, 3.63) is 22.4 Å². The van der Waals surface area contributed by atoms with E-state index >= 15 is 0 Å². The Morgan fingerprint density at radius 1 is 1.64 bits per heavy atom. The lowest BCUT2D eigenvalue weighted by molar-refractivity contribution is 0.741. The third-order valence-electron chi connectivity index (χ3n) is 1.36. The van der Waals surface area contributed by atoms with E-state index in [9.17, 15) is 0 Å². The average molecular weight is 187 g/mol. The van der Waals surface area contributed by atoms with Crippen LogP contribution >= 0.6 is 23.1 Å². The van der Waals surface area contributed by atoms with Crippen LogP contribution in [0.4, 0.5) is 0 Å². The molecule has 0 saturated heterocycles. The number of hydrogen-bond donors (Lipinski definition) is 1. The van der Waals surface area contributed by atoms with Crippen LogP contribution in [0.2, 0.25) is 0 Å². The quantitative estimate of drug-likeness (QED) is 0.709. The van der Waals surface area contributed by atoms with Gasteiger partial charge in [0.1, 0.15) is 0 Å².